The zero-order valence-electron chi connectivity index (χ0n) is 10.8. The van der Waals surface area contributed by atoms with E-state index < -0.39 is 0 Å². The summed E-state index contributed by atoms with van der Waals surface area (Å²) in [6, 6.07) is 18.6. The third-order valence-electron chi connectivity index (χ3n) is 3.02. The Morgan fingerprint density at radius 1 is 0.944 bits per heavy atom. The van der Waals surface area contributed by atoms with Gasteiger partial charge in [0.25, 0.3) is 0 Å². The number of benzene rings is 2. The van der Waals surface area contributed by atoms with Crippen LogP contribution in [0.4, 0.5) is 0 Å². The molecular formula is C17H18O. The van der Waals surface area contributed by atoms with Crippen molar-refractivity contribution in [2.75, 3.05) is 7.11 Å². The predicted octanol–water partition coefficient (Wildman–Crippen LogP) is 4.51. The highest BCUT2D eigenvalue weighted by Crippen LogP contribution is 2.20. The van der Waals surface area contributed by atoms with Gasteiger partial charge in [-0.1, -0.05) is 61.5 Å². The summed E-state index contributed by atoms with van der Waals surface area (Å²) < 4.78 is 5.16. The fraction of sp³-hybridized carbons (Fsp3) is 0.176. The molecule has 0 fully saturated rings. The molecule has 2 aromatic rings. The summed E-state index contributed by atoms with van der Waals surface area (Å²) in [6.45, 7) is 2.20. The maximum absolute atomic E-state index is 5.16. The molecule has 0 saturated heterocycles. The molecule has 0 aliphatic rings. The van der Waals surface area contributed by atoms with E-state index in [1.54, 1.807) is 7.11 Å². The van der Waals surface area contributed by atoms with Crippen LogP contribution < -0.4 is 4.74 Å². The number of allylic oxidation sites excluding steroid dienone is 1. The first kappa shape index (κ1) is 12.4. The molecule has 1 atom stereocenters. The van der Waals surface area contributed by atoms with Crippen molar-refractivity contribution in [2.45, 2.75) is 12.8 Å². The van der Waals surface area contributed by atoms with Crippen molar-refractivity contribution in [1.82, 2.24) is 0 Å². The molecule has 0 N–H and O–H groups in total. The quantitative estimate of drug-likeness (QED) is 0.761. The average Bonchev–Trinajstić information content (AvgIpc) is 2.46. The Morgan fingerprint density at radius 2 is 1.61 bits per heavy atom. The molecule has 0 amide bonds. The third-order valence-corrected chi connectivity index (χ3v) is 3.02. The van der Waals surface area contributed by atoms with Crippen molar-refractivity contribution in [1.29, 1.82) is 0 Å². The average molecular weight is 238 g/mol. The van der Waals surface area contributed by atoms with Crippen LogP contribution in [0.1, 0.15) is 24.0 Å². The highest BCUT2D eigenvalue weighted by Gasteiger charge is 2.01. The minimum absolute atomic E-state index is 0.399. The summed E-state index contributed by atoms with van der Waals surface area (Å²) in [7, 11) is 1.69. The molecule has 0 unspecified atom stereocenters. The second kappa shape index (κ2) is 6.06. The number of rotatable bonds is 4. The van der Waals surface area contributed by atoms with Crippen LogP contribution in [-0.2, 0) is 0 Å². The number of ether oxygens (including phenoxy) is 1. The number of methoxy groups -OCH3 is 1. The maximum Gasteiger partial charge on any atom is 0.118 e. The lowest BCUT2D eigenvalue weighted by atomic mass is 10.00. The maximum atomic E-state index is 5.16. The standard InChI is InChI=1S/C17H18O/c1-14(8-9-15-6-4-3-5-7-15)16-10-12-17(18-2)13-11-16/h3-14H,1-2H3/b9-8+/t14-/m0/s1. The van der Waals surface area contributed by atoms with Gasteiger partial charge in [-0.25, -0.2) is 0 Å². The van der Waals surface area contributed by atoms with Crippen molar-refractivity contribution in [3.63, 3.8) is 0 Å². The summed E-state index contributed by atoms with van der Waals surface area (Å²) in [5.74, 6) is 1.30. The van der Waals surface area contributed by atoms with Crippen LogP contribution >= 0.6 is 0 Å². The highest BCUT2D eigenvalue weighted by molar-refractivity contribution is 5.50. The van der Waals surface area contributed by atoms with Crippen LogP contribution in [0.25, 0.3) is 6.08 Å². The van der Waals surface area contributed by atoms with Crippen LogP contribution in [0, 0.1) is 0 Å². The number of hydrogen-bond donors (Lipinski definition) is 0. The molecule has 0 bridgehead atoms. The molecule has 0 aliphatic carbocycles. The van der Waals surface area contributed by atoms with E-state index in [9.17, 15) is 0 Å². The predicted molar refractivity (Wildman–Crippen MR) is 76.9 cm³/mol. The molecule has 1 nitrogen and oxygen atoms in total. The molecule has 0 aromatic heterocycles. The van der Waals surface area contributed by atoms with Gasteiger partial charge in [0.2, 0.25) is 0 Å². The zero-order valence-corrected chi connectivity index (χ0v) is 10.8. The summed E-state index contributed by atoms with van der Waals surface area (Å²) in [4.78, 5) is 0. The molecule has 92 valence electrons. The van der Waals surface area contributed by atoms with Gasteiger partial charge in [0.15, 0.2) is 0 Å². The van der Waals surface area contributed by atoms with Crippen molar-refractivity contribution in [3.05, 3.63) is 71.8 Å². The second-order valence-electron chi connectivity index (χ2n) is 4.33. The van der Waals surface area contributed by atoms with E-state index in [0.717, 1.165) is 5.75 Å². The van der Waals surface area contributed by atoms with Crippen LogP contribution in [0.2, 0.25) is 0 Å². The van der Waals surface area contributed by atoms with E-state index in [1.165, 1.54) is 11.1 Å². The summed E-state index contributed by atoms with van der Waals surface area (Å²) in [5.41, 5.74) is 2.53. The lowest BCUT2D eigenvalue weighted by Gasteiger charge is -2.07. The smallest absolute Gasteiger partial charge is 0.118 e. The summed E-state index contributed by atoms with van der Waals surface area (Å²) in [6.07, 6.45) is 4.38. The highest BCUT2D eigenvalue weighted by atomic mass is 16.5. The van der Waals surface area contributed by atoms with E-state index in [-0.39, 0.29) is 0 Å². The molecule has 0 saturated carbocycles. The van der Waals surface area contributed by atoms with Gasteiger partial charge < -0.3 is 4.74 Å². The van der Waals surface area contributed by atoms with Gasteiger partial charge in [0.1, 0.15) is 5.75 Å². The fourth-order valence-corrected chi connectivity index (χ4v) is 1.84. The van der Waals surface area contributed by atoms with Gasteiger partial charge in [0, 0.05) is 0 Å². The van der Waals surface area contributed by atoms with Gasteiger partial charge in [-0.05, 0) is 29.2 Å². The lowest BCUT2D eigenvalue weighted by Crippen LogP contribution is -1.89. The Bertz CT molecular complexity index is 497. The minimum atomic E-state index is 0.399. The molecule has 2 aromatic carbocycles. The number of hydrogen-bond acceptors (Lipinski definition) is 1. The Labute approximate surface area is 109 Å². The zero-order chi connectivity index (χ0) is 12.8. The molecule has 0 aliphatic heterocycles. The topological polar surface area (TPSA) is 9.23 Å². The first-order chi connectivity index (χ1) is 8.79. The molecule has 18 heavy (non-hydrogen) atoms. The lowest BCUT2D eigenvalue weighted by molar-refractivity contribution is 0.414. The minimum Gasteiger partial charge on any atom is -0.497 e. The van der Waals surface area contributed by atoms with E-state index in [1.807, 2.05) is 18.2 Å². The first-order valence-electron chi connectivity index (χ1n) is 6.17. The van der Waals surface area contributed by atoms with Crippen molar-refractivity contribution in [3.8, 4) is 5.75 Å². The van der Waals surface area contributed by atoms with E-state index >= 15 is 0 Å². The van der Waals surface area contributed by atoms with Crippen LogP contribution in [0.15, 0.2) is 60.7 Å². The van der Waals surface area contributed by atoms with Gasteiger partial charge in [-0.3, -0.25) is 0 Å². The van der Waals surface area contributed by atoms with E-state index in [2.05, 4.69) is 55.5 Å². The van der Waals surface area contributed by atoms with E-state index in [4.69, 9.17) is 4.74 Å². The summed E-state index contributed by atoms with van der Waals surface area (Å²) in [5, 5.41) is 0. The molecule has 1 heteroatoms. The van der Waals surface area contributed by atoms with Crippen molar-refractivity contribution in [2.24, 2.45) is 0 Å². The SMILES string of the molecule is COc1ccc([C@@H](C)/C=C/c2ccccc2)cc1. The second-order valence-corrected chi connectivity index (χ2v) is 4.33. The molecule has 0 radical (unpaired) electrons. The molecule has 0 spiro atoms. The Hall–Kier alpha value is -2.02. The van der Waals surface area contributed by atoms with Crippen molar-refractivity contribution < 1.29 is 4.74 Å². The molecule has 2 rings (SSSR count). The van der Waals surface area contributed by atoms with Gasteiger partial charge in [-0.2, -0.15) is 0 Å². The molecular weight excluding hydrogens is 220 g/mol. The van der Waals surface area contributed by atoms with Crippen molar-refractivity contribution >= 4 is 6.08 Å². The monoisotopic (exact) mass is 238 g/mol. The van der Waals surface area contributed by atoms with Gasteiger partial charge >= 0.3 is 0 Å². The fourth-order valence-electron chi connectivity index (χ4n) is 1.84. The van der Waals surface area contributed by atoms with Crippen LogP contribution in [-0.4, -0.2) is 7.11 Å². The normalized spacial score (nSPS) is 12.6. The summed E-state index contributed by atoms with van der Waals surface area (Å²) >= 11 is 0. The third kappa shape index (κ3) is 3.24. The van der Waals surface area contributed by atoms with Crippen LogP contribution in [0.3, 0.4) is 0 Å². The van der Waals surface area contributed by atoms with Gasteiger partial charge in [0.05, 0.1) is 7.11 Å². The van der Waals surface area contributed by atoms with E-state index in [0.29, 0.717) is 5.92 Å². The Kier molecular flexibility index (Phi) is 4.19. The largest absolute Gasteiger partial charge is 0.497 e. The Morgan fingerprint density at radius 3 is 2.22 bits per heavy atom. The molecule has 0 heterocycles. The Balaban J connectivity index is 2.07. The first-order valence-corrected chi connectivity index (χ1v) is 6.17. The van der Waals surface area contributed by atoms with Gasteiger partial charge in [-0.15, -0.1) is 0 Å². The van der Waals surface area contributed by atoms with Crippen LogP contribution in [0.5, 0.6) is 5.75 Å².